The minimum Gasteiger partial charge on any atom is -0.423 e. The van der Waals surface area contributed by atoms with E-state index in [4.69, 9.17) is 9.15 Å². The number of morpholine rings is 1. The molecule has 1 amide bonds. The normalized spacial score (nSPS) is 18.0. The number of fused-ring (bicyclic) bond motifs is 1. The summed E-state index contributed by atoms with van der Waals surface area (Å²) < 4.78 is 11.3. The number of aromatic nitrogens is 4. The van der Waals surface area contributed by atoms with Crippen LogP contribution in [0.4, 0.5) is 0 Å². The van der Waals surface area contributed by atoms with Gasteiger partial charge in [-0.2, -0.15) is 5.10 Å². The summed E-state index contributed by atoms with van der Waals surface area (Å²) in [5.41, 5.74) is 2.31. The summed E-state index contributed by atoms with van der Waals surface area (Å²) in [5.74, 6) is 0.916. The molecule has 1 atom stereocenters. The van der Waals surface area contributed by atoms with Crippen LogP contribution in [0.2, 0.25) is 0 Å². The van der Waals surface area contributed by atoms with Crippen molar-refractivity contribution in [3.63, 3.8) is 0 Å². The Bertz CT molecular complexity index is 945. The van der Waals surface area contributed by atoms with Crippen molar-refractivity contribution in [1.29, 1.82) is 0 Å². The van der Waals surface area contributed by atoms with E-state index >= 15 is 0 Å². The summed E-state index contributed by atoms with van der Waals surface area (Å²) in [6.45, 7) is 7.19. The molecule has 0 unspecified atom stereocenters. The van der Waals surface area contributed by atoms with Crippen molar-refractivity contribution in [2.75, 3.05) is 19.8 Å². The van der Waals surface area contributed by atoms with E-state index in [0.29, 0.717) is 37.2 Å². The van der Waals surface area contributed by atoms with Crippen molar-refractivity contribution in [3.05, 3.63) is 41.2 Å². The number of amides is 1. The Morgan fingerprint density at radius 3 is 2.96 bits per heavy atom. The van der Waals surface area contributed by atoms with Crippen LogP contribution < -0.4 is 0 Å². The van der Waals surface area contributed by atoms with E-state index in [1.165, 1.54) is 0 Å². The van der Waals surface area contributed by atoms with Gasteiger partial charge in [0.25, 0.3) is 5.91 Å². The number of rotatable bonds is 3. The zero-order valence-corrected chi connectivity index (χ0v) is 15.0. The highest BCUT2D eigenvalue weighted by Crippen LogP contribution is 2.28. The fraction of sp³-hybridized carbons (Fsp3) is 0.444. The largest absolute Gasteiger partial charge is 0.423 e. The van der Waals surface area contributed by atoms with E-state index in [9.17, 15) is 4.79 Å². The molecule has 1 aliphatic rings. The maximum absolute atomic E-state index is 13.2. The molecule has 1 aliphatic heterocycles. The molecule has 1 aromatic carbocycles. The fourth-order valence-corrected chi connectivity index (χ4v) is 3.09. The number of H-pyrrole nitrogens is 1. The lowest BCUT2D eigenvalue weighted by Crippen LogP contribution is -2.43. The number of aromatic amines is 1. The van der Waals surface area contributed by atoms with Gasteiger partial charge in [0, 0.05) is 17.8 Å². The first-order valence-corrected chi connectivity index (χ1v) is 8.71. The van der Waals surface area contributed by atoms with Crippen LogP contribution in [0.1, 0.15) is 53.6 Å². The molecule has 8 heteroatoms. The first-order chi connectivity index (χ1) is 12.5. The molecular weight excluding hydrogens is 334 g/mol. The van der Waals surface area contributed by atoms with Crippen LogP contribution in [0, 0.1) is 6.92 Å². The van der Waals surface area contributed by atoms with E-state index < -0.39 is 6.04 Å². The van der Waals surface area contributed by atoms with Crippen LogP contribution in [0.15, 0.2) is 22.6 Å². The van der Waals surface area contributed by atoms with Crippen molar-refractivity contribution < 1.29 is 13.9 Å². The molecule has 1 fully saturated rings. The minimum absolute atomic E-state index is 0.128. The predicted octanol–water partition coefficient (Wildman–Crippen LogP) is 2.59. The molecule has 0 saturated carbocycles. The van der Waals surface area contributed by atoms with E-state index in [0.717, 1.165) is 16.5 Å². The number of hydrogen-bond acceptors (Lipinski definition) is 6. The van der Waals surface area contributed by atoms with E-state index in [2.05, 4.69) is 20.4 Å². The second kappa shape index (κ2) is 6.53. The topological polar surface area (TPSA) is 97.1 Å². The third-order valence-electron chi connectivity index (χ3n) is 4.55. The fourth-order valence-electron chi connectivity index (χ4n) is 3.09. The number of benzene rings is 1. The lowest BCUT2D eigenvalue weighted by Gasteiger charge is -2.32. The van der Waals surface area contributed by atoms with Crippen LogP contribution in [-0.4, -0.2) is 51.0 Å². The van der Waals surface area contributed by atoms with Gasteiger partial charge >= 0.3 is 0 Å². The molecule has 1 saturated heterocycles. The van der Waals surface area contributed by atoms with Gasteiger partial charge in [-0.15, -0.1) is 10.2 Å². The molecule has 0 bridgehead atoms. The zero-order valence-electron chi connectivity index (χ0n) is 15.0. The van der Waals surface area contributed by atoms with Gasteiger partial charge in [-0.1, -0.05) is 25.5 Å². The predicted molar refractivity (Wildman–Crippen MR) is 93.8 cm³/mol. The van der Waals surface area contributed by atoms with Gasteiger partial charge in [0.15, 0.2) is 5.69 Å². The Balaban J connectivity index is 1.68. The Hall–Kier alpha value is -2.74. The number of hydrogen-bond donors (Lipinski definition) is 1. The second-order valence-electron chi connectivity index (χ2n) is 6.84. The monoisotopic (exact) mass is 355 g/mol. The third-order valence-corrected chi connectivity index (χ3v) is 4.55. The van der Waals surface area contributed by atoms with Gasteiger partial charge < -0.3 is 14.1 Å². The molecule has 4 rings (SSSR count). The average Bonchev–Trinajstić information content (AvgIpc) is 3.28. The molecule has 3 aromatic rings. The number of carbonyl (C=O) groups excluding carboxylic acids is 1. The summed E-state index contributed by atoms with van der Waals surface area (Å²) in [6, 6.07) is 5.47. The average molecular weight is 355 g/mol. The molecule has 0 radical (unpaired) electrons. The number of nitrogens with one attached hydrogen (secondary N) is 1. The van der Waals surface area contributed by atoms with Gasteiger partial charge in [-0.3, -0.25) is 9.89 Å². The Labute approximate surface area is 150 Å². The molecule has 2 aromatic heterocycles. The molecular formula is C18H21N5O3. The van der Waals surface area contributed by atoms with Crippen LogP contribution in [0.3, 0.4) is 0 Å². The number of carbonyl (C=O) groups is 1. The SMILES string of the molecule is Cc1ccc2[nH]nc(C(=O)N3CCOC[C@@H]3c3nnc(C(C)C)o3)c2c1. The maximum Gasteiger partial charge on any atom is 0.275 e. The summed E-state index contributed by atoms with van der Waals surface area (Å²) in [4.78, 5) is 14.9. The smallest absolute Gasteiger partial charge is 0.275 e. The Morgan fingerprint density at radius 1 is 1.35 bits per heavy atom. The molecule has 26 heavy (non-hydrogen) atoms. The zero-order chi connectivity index (χ0) is 18.3. The van der Waals surface area contributed by atoms with Gasteiger partial charge in [0.05, 0.1) is 18.7 Å². The lowest BCUT2D eigenvalue weighted by atomic mass is 10.1. The van der Waals surface area contributed by atoms with Crippen molar-refractivity contribution in [3.8, 4) is 0 Å². The molecule has 136 valence electrons. The van der Waals surface area contributed by atoms with Crippen molar-refractivity contribution in [1.82, 2.24) is 25.3 Å². The summed E-state index contributed by atoms with van der Waals surface area (Å²) in [5, 5.41) is 16.2. The van der Waals surface area contributed by atoms with Crippen molar-refractivity contribution in [2.24, 2.45) is 0 Å². The highest BCUT2D eigenvalue weighted by Gasteiger charge is 2.35. The van der Waals surface area contributed by atoms with Crippen LogP contribution in [-0.2, 0) is 4.74 Å². The number of ether oxygens (including phenoxy) is 1. The molecule has 1 N–H and O–H groups in total. The highest BCUT2D eigenvalue weighted by atomic mass is 16.5. The second-order valence-corrected chi connectivity index (χ2v) is 6.84. The minimum atomic E-state index is -0.409. The first-order valence-electron chi connectivity index (χ1n) is 8.71. The van der Waals surface area contributed by atoms with Crippen molar-refractivity contribution in [2.45, 2.75) is 32.7 Å². The van der Waals surface area contributed by atoms with Crippen LogP contribution >= 0.6 is 0 Å². The number of nitrogens with zero attached hydrogens (tertiary/aromatic N) is 4. The maximum atomic E-state index is 13.2. The Kier molecular flexibility index (Phi) is 4.20. The van der Waals surface area contributed by atoms with Gasteiger partial charge in [0.2, 0.25) is 11.8 Å². The molecule has 8 nitrogen and oxygen atoms in total. The van der Waals surface area contributed by atoms with E-state index in [1.807, 2.05) is 39.0 Å². The highest BCUT2D eigenvalue weighted by molar-refractivity contribution is 6.05. The van der Waals surface area contributed by atoms with Crippen LogP contribution in [0.25, 0.3) is 10.9 Å². The van der Waals surface area contributed by atoms with E-state index in [1.54, 1.807) is 4.90 Å². The molecule has 0 aliphatic carbocycles. The van der Waals surface area contributed by atoms with Gasteiger partial charge in [-0.25, -0.2) is 0 Å². The molecule has 3 heterocycles. The summed E-state index contributed by atoms with van der Waals surface area (Å²) >= 11 is 0. The lowest BCUT2D eigenvalue weighted by molar-refractivity contribution is -0.0109. The standard InChI is InChI=1S/C18H21N5O3/c1-10(2)16-21-22-17(26-16)14-9-25-7-6-23(14)18(24)15-12-8-11(3)4-5-13(12)19-20-15/h4-5,8,10,14H,6-7,9H2,1-3H3,(H,19,20)/t14-/m1/s1. The third kappa shape index (κ3) is 2.86. The van der Waals surface area contributed by atoms with Crippen molar-refractivity contribution >= 4 is 16.8 Å². The van der Waals surface area contributed by atoms with Gasteiger partial charge in [0.1, 0.15) is 6.04 Å². The Morgan fingerprint density at radius 2 is 2.19 bits per heavy atom. The summed E-state index contributed by atoms with van der Waals surface area (Å²) in [6.07, 6.45) is 0. The van der Waals surface area contributed by atoms with Gasteiger partial charge in [-0.05, 0) is 19.1 Å². The first kappa shape index (κ1) is 16.7. The summed E-state index contributed by atoms with van der Waals surface area (Å²) in [7, 11) is 0. The quantitative estimate of drug-likeness (QED) is 0.775. The van der Waals surface area contributed by atoms with Crippen LogP contribution in [0.5, 0.6) is 0 Å². The number of aryl methyl sites for hydroxylation is 1. The molecule has 0 spiro atoms. The van der Waals surface area contributed by atoms with E-state index in [-0.39, 0.29) is 11.8 Å².